The van der Waals surface area contributed by atoms with Crippen molar-refractivity contribution < 1.29 is 19.7 Å². The number of piperazine rings is 1. The van der Waals surface area contributed by atoms with Gasteiger partial charge in [-0.2, -0.15) is 0 Å². The highest BCUT2D eigenvalue weighted by Crippen LogP contribution is 2.33. The highest BCUT2D eigenvalue weighted by Gasteiger charge is 2.29. The highest BCUT2D eigenvalue weighted by molar-refractivity contribution is 5.68. The van der Waals surface area contributed by atoms with E-state index in [1.807, 2.05) is 20.8 Å². The Morgan fingerprint density at radius 1 is 1.38 bits per heavy atom. The molecule has 1 aliphatic rings. The number of hydrogen-bond donors (Lipinski definition) is 3. The molecule has 1 amide bonds. The van der Waals surface area contributed by atoms with Gasteiger partial charge in [0.05, 0.1) is 6.04 Å². The van der Waals surface area contributed by atoms with Gasteiger partial charge in [-0.05, 0) is 26.8 Å². The van der Waals surface area contributed by atoms with E-state index in [4.69, 9.17) is 4.74 Å². The Morgan fingerprint density at radius 3 is 2.76 bits per heavy atom. The number of carbonyl (C=O) groups excluding carboxylic acids is 1. The number of amides is 1. The van der Waals surface area contributed by atoms with Gasteiger partial charge in [0, 0.05) is 25.2 Å². The van der Waals surface area contributed by atoms with Crippen molar-refractivity contribution in [2.24, 2.45) is 0 Å². The molecule has 116 valence electrons. The second kappa shape index (κ2) is 5.81. The van der Waals surface area contributed by atoms with Crippen molar-refractivity contribution in [1.82, 2.24) is 10.2 Å². The molecule has 1 heterocycles. The summed E-state index contributed by atoms with van der Waals surface area (Å²) in [5.74, 6) is -0.315. The van der Waals surface area contributed by atoms with Gasteiger partial charge in [-0.3, -0.25) is 0 Å². The van der Waals surface area contributed by atoms with Crippen LogP contribution < -0.4 is 5.32 Å². The first-order chi connectivity index (χ1) is 9.78. The Labute approximate surface area is 124 Å². The average molecular weight is 294 g/mol. The van der Waals surface area contributed by atoms with Gasteiger partial charge in [-0.1, -0.05) is 12.1 Å². The summed E-state index contributed by atoms with van der Waals surface area (Å²) in [6, 6.07) is 4.58. The standard InChI is InChI=1S/C15H22N2O4/c1-15(2,3)21-14(20)17-8-7-16-11(9-17)10-5-4-6-12(18)13(10)19/h4-6,11,16,18-19H,7-9H2,1-3H3. The monoisotopic (exact) mass is 294 g/mol. The number of hydrogen-bond acceptors (Lipinski definition) is 5. The lowest BCUT2D eigenvalue weighted by Gasteiger charge is -2.35. The molecule has 3 N–H and O–H groups in total. The van der Waals surface area contributed by atoms with E-state index in [0.29, 0.717) is 25.2 Å². The third-order valence-corrected chi connectivity index (χ3v) is 3.25. The highest BCUT2D eigenvalue weighted by atomic mass is 16.6. The van der Waals surface area contributed by atoms with Crippen LogP contribution in [0.15, 0.2) is 18.2 Å². The lowest BCUT2D eigenvalue weighted by atomic mass is 10.0. The first kappa shape index (κ1) is 15.4. The van der Waals surface area contributed by atoms with E-state index in [1.54, 1.807) is 17.0 Å². The lowest BCUT2D eigenvalue weighted by Crippen LogP contribution is -2.49. The Balaban J connectivity index is 2.10. The van der Waals surface area contributed by atoms with Crippen molar-refractivity contribution in [2.75, 3.05) is 19.6 Å². The van der Waals surface area contributed by atoms with Crippen LogP contribution in [0.5, 0.6) is 11.5 Å². The molecule has 0 bridgehead atoms. The predicted molar refractivity (Wildman–Crippen MR) is 78.3 cm³/mol. The van der Waals surface area contributed by atoms with Crippen molar-refractivity contribution in [3.63, 3.8) is 0 Å². The summed E-state index contributed by atoms with van der Waals surface area (Å²) in [5.41, 5.74) is 0.0354. The van der Waals surface area contributed by atoms with Gasteiger partial charge in [0.2, 0.25) is 0 Å². The number of phenolic OH excluding ortho intramolecular Hbond substituents is 2. The zero-order valence-electron chi connectivity index (χ0n) is 12.6. The van der Waals surface area contributed by atoms with Crippen molar-refractivity contribution in [3.05, 3.63) is 23.8 Å². The summed E-state index contributed by atoms with van der Waals surface area (Å²) in [4.78, 5) is 13.7. The predicted octanol–water partition coefficient (Wildman–Crippen LogP) is 1.98. The Morgan fingerprint density at radius 2 is 2.10 bits per heavy atom. The fraction of sp³-hybridized carbons (Fsp3) is 0.533. The minimum Gasteiger partial charge on any atom is -0.504 e. The third kappa shape index (κ3) is 3.78. The zero-order chi connectivity index (χ0) is 15.6. The smallest absolute Gasteiger partial charge is 0.410 e. The maximum absolute atomic E-state index is 12.1. The molecule has 0 spiro atoms. The first-order valence-corrected chi connectivity index (χ1v) is 7.00. The van der Waals surface area contributed by atoms with Crippen LogP contribution in [0.4, 0.5) is 4.79 Å². The number of para-hydroxylation sites is 1. The number of nitrogens with zero attached hydrogens (tertiary/aromatic N) is 1. The van der Waals surface area contributed by atoms with Crippen molar-refractivity contribution in [2.45, 2.75) is 32.4 Å². The van der Waals surface area contributed by atoms with E-state index < -0.39 is 5.60 Å². The molecule has 1 unspecified atom stereocenters. The fourth-order valence-electron chi connectivity index (χ4n) is 2.28. The number of carbonyl (C=O) groups is 1. The molecule has 1 saturated heterocycles. The quantitative estimate of drug-likeness (QED) is 0.690. The molecule has 6 nitrogen and oxygen atoms in total. The van der Waals surface area contributed by atoms with Crippen LogP contribution in [-0.4, -0.2) is 46.4 Å². The third-order valence-electron chi connectivity index (χ3n) is 3.25. The van der Waals surface area contributed by atoms with Gasteiger partial charge >= 0.3 is 6.09 Å². The molecule has 0 aliphatic carbocycles. The SMILES string of the molecule is CC(C)(C)OC(=O)N1CCNC(c2cccc(O)c2O)C1. The number of rotatable bonds is 1. The van der Waals surface area contributed by atoms with E-state index in [2.05, 4.69) is 5.32 Å². The summed E-state index contributed by atoms with van der Waals surface area (Å²) in [5, 5.41) is 22.7. The van der Waals surface area contributed by atoms with E-state index >= 15 is 0 Å². The summed E-state index contributed by atoms with van der Waals surface area (Å²) in [6.07, 6.45) is -0.367. The minimum atomic E-state index is -0.537. The molecule has 6 heteroatoms. The normalized spacial score (nSPS) is 19.4. The number of aromatic hydroxyl groups is 2. The molecule has 1 fully saturated rings. The lowest BCUT2D eigenvalue weighted by molar-refractivity contribution is 0.0194. The van der Waals surface area contributed by atoms with Crippen LogP contribution in [0.2, 0.25) is 0 Å². The number of benzene rings is 1. The van der Waals surface area contributed by atoms with E-state index in [0.717, 1.165) is 0 Å². The molecule has 1 atom stereocenters. The molecule has 0 aromatic heterocycles. The second-order valence-electron chi connectivity index (χ2n) is 6.15. The van der Waals surface area contributed by atoms with Gasteiger partial charge in [0.15, 0.2) is 11.5 Å². The summed E-state index contributed by atoms with van der Waals surface area (Å²) in [7, 11) is 0. The maximum Gasteiger partial charge on any atom is 0.410 e. The largest absolute Gasteiger partial charge is 0.504 e. The summed E-state index contributed by atoms with van der Waals surface area (Å²) < 4.78 is 5.36. The molecule has 1 aromatic rings. The van der Waals surface area contributed by atoms with Crippen molar-refractivity contribution in [3.8, 4) is 11.5 Å². The van der Waals surface area contributed by atoms with Crippen molar-refractivity contribution in [1.29, 1.82) is 0 Å². The van der Waals surface area contributed by atoms with Crippen LogP contribution in [0.3, 0.4) is 0 Å². The molecular formula is C15H22N2O4. The molecule has 0 saturated carbocycles. The zero-order valence-corrected chi connectivity index (χ0v) is 12.6. The van der Waals surface area contributed by atoms with E-state index in [1.165, 1.54) is 6.07 Å². The van der Waals surface area contributed by atoms with Gasteiger partial charge < -0.3 is 25.2 Å². The van der Waals surface area contributed by atoms with Crippen LogP contribution in [0.1, 0.15) is 32.4 Å². The Hall–Kier alpha value is -1.95. The van der Waals surface area contributed by atoms with Gasteiger partial charge in [-0.15, -0.1) is 0 Å². The van der Waals surface area contributed by atoms with Gasteiger partial charge in [0.25, 0.3) is 0 Å². The molecule has 0 radical (unpaired) electrons. The Kier molecular flexibility index (Phi) is 4.27. The first-order valence-electron chi connectivity index (χ1n) is 7.00. The number of nitrogens with one attached hydrogen (secondary N) is 1. The minimum absolute atomic E-state index is 0.152. The Bertz CT molecular complexity index is 525. The van der Waals surface area contributed by atoms with E-state index in [9.17, 15) is 15.0 Å². The van der Waals surface area contributed by atoms with Crippen LogP contribution >= 0.6 is 0 Å². The van der Waals surface area contributed by atoms with Gasteiger partial charge in [0.1, 0.15) is 5.60 Å². The second-order valence-corrected chi connectivity index (χ2v) is 6.15. The van der Waals surface area contributed by atoms with E-state index in [-0.39, 0.29) is 23.6 Å². The molecule has 1 aromatic carbocycles. The van der Waals surface area contributed by atoms with Gasteiger partial charge in [-0.25, -0.2) is 4.79 Å². The van der Waals surface area contributed by atoms with Crippen LogP contribution in [0.25, 0.3) is 0 Å². The summed E-state index contributed by atoms with van der Waals surface area (Å²) in [6.45, 7) is 7.00. The van der Waals surface area contributed by atoms with Crippen LogP contribution in [0, 0.1) is 0 Å². The summed E-state index contributed by atoms with van der Waals surface area (Å²) >= 11 is 0. The molecule has 2 rings (SSSR count). The number of phenols is 2. The fourth-order valence-corrected chi connectivity index (χ4v) is 2.28. The molecule has 1 aliphatic heterocycles. The molecular weight excluding hydrogens is 272 g/mol. The maximum atomic E-state index is 12.1. The topological polar surface area (TPSA) is 82.0 Å². The number of ether oxygens (including phenoxy) is 1. The molecule has 21 heavy (non-hydrogen) atoms. The van der Waals surface area contributed by atoms with Crippen LogP contribution in [-0.2, 0) is 4.74 Å². The van der Waals surface area contributed by atoms with Crippen molar-refractivity contribution >= 4 is 6.09 Å². The average Bonchev–Trinajstić information content (AvgIpc) is 2.40.